The van der Waals surface area contributed by atoms with Crippen LogP contribution in [0.1, 0.15) is 52.4 Å². The van der Waals surface area contributed by atoms with Gasteiger partial charge in [0.05, 0.1) is 24.4 Å². The van der Waals surface area contributed by atoms with Gasteiger partial charge in [0, 0.05) is 0 Å². The smallest absolute Gasteiger partial charge is 0.154 e. The third-order valence-electron chi connectivity index (χ3n) is 3.74. The third-order valence-corrected chi connectivity index (χ3v) is 3.74. The van der Waals surface area contributed by atoms with Crippen molar-refractivity contribution in [1.82, 2.24) is 0 Å². The molecular weight excluding hydrogens is 248 g/mol. The van der Waals surface area contributed by atoms with E-state index in [0.717, 1.165) is 12.8 Å². The van der Waals surface area contributed by atoms with Crippen LogP contribution in [0.5, 0.6) is 0 Å². The minimum atomic E-state index is -0.846. The van der Waals surface area contributed by atoms with Gasteiger partial charge >= 0.3 is 0 Å². The molecule has 1 aliphatic carbocycles. The van der Waals surface area contributed by atoms with Gasteiger partial charge in [0.1, 0.15) is 0 Å². The Kier molecular flexibility index (Phi) is 6.69. The monoisotopic (exact) mass is 276 g/mol. The topological polar surface area (TPSA) is 90.2 Å². The van der Waals surface area contributed by atoms with E-state index in [0.29, 0.717) is 32.3 Å². The molecular formula is C14H28O5. The van der Waals surface area contributed by atoms with Gasteiger partial charge in [0.15, 0.2) is 6.29 Å². The maximum atomic E-state index is 9.82. The van der Waals surface area contributed by atoms with Crippen LogP contribution in [0.25, 0.3) is 0 Å². The van der Waals surface area contributed by atoms with Gasteiger partial charge in [-0.1, -0.05) is 0 Å². The molecule has 4 atom stereocenters. The molecule has 0 aromatic carbocycles. The molecule has 0 aromatic heterocycles. The van der Waals surface area contributed by atoms with E-state index in [-0.39, 0.29) is 12.0 Å². The van der Waals surface area contributed by atoms with Crippen molar-refractivity contribution in [3.63, 3.8) is 0 Å². The summed E-state index contributed by atoms with van der Waals surface area (Å²) in [6.07, 6.45) is 1.87. The molecule has 0 bridgehead atoms. The maximum absolute atomic E-state index is 9.82. The lowest BCUT2D eigenvalue weighted by Crippen LogP contribution is -2.32. The van der Waals surface area contributed by atoms with Gasteiger partial charge in [-0.05, 0) is 58.3 Å². The van der Waals surface area contributed by atoms with Crippen LogP contribution >= 0.6 is 0 Å². The second-order valence-corrected chi connectivity index (χ2v) is 6.26. The van der Waals surface area contributed by atoms with E-state index in [4.69, 9.17) is 4.74 Å². The first kappa shape index (κ1) is 16.9. The van der Waals surface area contributed by atoms with Crippen LogP contribution in [-0.4, -0.2) is 51.1 Å². The minimum absolute atomic E-state index is 0.135. The van der Waals surface area contributed by atoms with Crippen molar-refractivity contribution in [2.24, 2.45) is 5.92 Å². The minimum Gasteiger partial charge on any atom is -0.393 e. The Morgan fingerprint density at radius 2 is 1.95 bits per heavy atom. The highest BCUT2D eigenvalue weighted by Crippen LogP contribution is 2.28. The van der Waals surface area contributed by atoms with E-state index in [1.807, 2.05) is 0 Å². The van der Waals surface area contributed by atoms with Gasteiger partial charge in [0.25, 0.3) is 0 Å². The summed E-state index contributed by atoms with van der Waals surface area (Å²) in [6.45, 7) is 3.72. The van der Waals surface area contributed by atoms with Crippen molar-refractivity contribution in [3.05, 3.63) is 0 Å². The lowest BCUT2D eigenvalue weighted by Gasteiger charge is -2.31. The van der Waals surface area contributed by atoms with Crippen molar-refractivity contribution in [2.45, 2.75) is 76.5 Å². The number of hydrogen-bond acceptors (Lipinski definition) is 5. The molecule has 0 spiro atoms. The molecule has 1 fully saturated rings. The van der Waals surface area contributed by atoms with E-state index in [1.165, 1.54) is 0 Å². The van der Waals surface area contributed by atoms with Crippen LogP contribution in [-0.2, 0) is 4.74 Å². The number of aliphatic hydroxyl groups excluding tert-OH is 3. The average molecular weight is 276 g/mol. The molecule has 0 saturated heterocycles. The number of ether oxygens (including phenoxy) is 1. The first-order valence-corrected chi connectivity index (χ1v) is 7.16. The molecule has 3 unspecified atom stereocenters. The van der Waals surface area contributed by atoms with Crippen molar-refractivity contribution in [2.75, 3.05) is 6.61 Å². The first-order chi connectivity index (χ1) is 8.78. The van der Waals surface area contributed by atoms with Gasteiger partial charge in [-0.15, -0.1) is 0 Å². The predicted molar refractivity (Wildman–Crippen MR) is 71.5 cm³/mol. The van der Waals surface area contributed by atoms with Crippen molar-refractivity contribution in [3.8, 4) is 0 Å². The Morgan fingerprint density at radius 3 is 2.53 bits per heavy atom. The molecule has 1 aliphatic rings. The van der Waals surface area contributed by atoms with Gasteiger partial charge in [0.2, 0.25) is 0 Å². The second kappa shape index (κ2) is 7.55. The van der Waals surface area contributed by atoms with Crippen LogP contribution in [0, 0.1) is 5.92 Å². The summed E-state index contributed by atoms with van der Waals surface area (Å²) in [5, 5.41) is 38.4. The van der Waals surface area contributed by atoms with Gasteiger partial charge in [-0.25, -0.2) is 0 Å². The van der Waals surface area contributed by atoms with E-state index in [1.54, 1.807) is 13.8 Å². The molecule has 0 radical (unpaired) electrons. The van der Waals surface area contributed by atoms with E-state index in [9.17, 15) is 20.4 Å². The SMILES string of the molecule is CC(C)(O)CCOC(O)CCC1CCC(O)C[C@H]1O. The van der Waals surface area contributed by atoms with Crippen LogP contribution in [0.15, 0.2) is 0 Å². The summed E-state index contributed by atoms with van der Waals surface area (Å²) in [5.41, 5.74) is -0.782. The van der Waals surface area contributed by atoms with Crippen molar-refractivity contribution < 1.29 is 25.2 Å². The van der Waals surface area contributed by atoms with Crippen LogP contribution in [0.2, 0.25) is 0 Å². The van der Waals surface area contributed by atoms with Crippen LogP contribution < -0.4 is 0 Å². The largest absolute Gasteiger partial charge is 0.393 e. The first-order valence-electron chi connectivity index (χ1n) is 7.16. The fourth-order valence-corrected chi connectivity index (χ4v) is 2.41. The molecule has 1 rings (SSSR count). The van der Waals surface area contributed by atoms with Crippen LogP contribution in [0.3, 0.4) is 0 Å². The zero-order valence-electron chi connectivity index (χ0n) is 12.0. The highest BCUT2D eigenvalue weighted by molar-refractivity contribution is 4.79. The highest BCUT2D eigenvalue weighted by Gasteiger charge is 2.28. The average Bonchev–Trinajstić information content (AvgIpc) is 2.26. The number of rotatable bonds is 7. The van der Waals surface area contributed by atoms with Crippen molar-refractivity contribution >= 4 is 0 Å². The molecule has 1 saturated carbocycles. The fraction of sp³-hybridized carbons (Fsp3) is 1.00. The summed E-state index contributed by atoms with van der Waals surface area (Å²) < 4.78 is 5.23. The lowest BCUT2D eigenvalue weighted by atomic mass is 9.82. The van der Waals surface area contributed by atoms with E-state index in [2.05, 4.69) is 0 Å². The summed E-state index contributed by atoms with van der Waals surface area (Å²) in [7, 11) is 0. The third kappa shape index (κ3) is 7.22. The zero-order valence-corrected chi connectivity index (χ0v) is 12.0. The summed E-state index contributed by atoms with van der Waals surface area (Å²) in [5.74, 6) is 0.135. The molecule has 0 amide bonds. The normalized spacial score (nSPS) is 30.3. The number of aliphatic hydroxyl groups is 4. The molecule has 114 valence electrons. The van der Waals surface area contributed by atoms with Gasteiger partial charge < -0.3 is 25.2 Å². The fourth-order valence-electron chi connectivity index (χ4n) is 2.41. The van der Waals surface area contributed by atoms with E-state index >= 15 is 0 Å². The Labute approximate surface area is 115 Å². The molecule has 5 nitrogen and oxygen atoms in total. The molecule has 5 heteroatoms. The van der Waals surface area contributed by atoms with Gasteiger partial charge in [-0.3, -0.25) is 0 Å². The van der Waals surface area contributed by atoms with Crippen LogP contribution in [0.4, 0.5) is 0 Å². The summed E-state index contributed by atoms with van der Waals surface area (Å²) in [4.78, 5) is 0. The Hall–Kier alpha value is -0.200. The second-order valence-electron chi connectivity index (χ2n) is 6.26. The Balaban J connectivity index is 2.14. The highest BCUT2D eigenvalue weighted by atomic mass is 16.6. The molecule has 0 aromatic rings. The molecule has 19 heavy (non-hydrogen) atoms. The zero-order chi connectivity index (χ0) is 14.5. The standard InChI is InChI=1S/C14H28O5/c1-14(2,18)7-8-19-13(17)6-4-10-3-5-11(15)9-12(10)16/h10-13,15-18H,3-9H2,1-2H3/t10?,11?,12-,13?/m1/s1. The molecule has 0 aliphatic heterocycles. The summed E-state index contributed by atoms with van der Waals surface area (Å²) >= 11 is 0. The van der Waals surface area contributed by atoms with E-state index < -0.39 is 18.0 Å². The maximum Gasteiger partial charge on any atom is 0.154 e. The lowest BCUT2D eigenvalue weighted by molar-refractivity contribution is -0.119. The van der Waals surface area contributed by atoms with Crippen molar-refractivity contribution in [1.29, 1.82) is 0 Å². The Bertz CT molecular complexity index is 251. The Morgan fingerprint density at radius 1 is 1.26 bits per heavy atom. The molecule has 4 N–H and O–H groups in total. The van der Waals surface area contributed by atoms with Gasteiger partial charge in [-0.2, -0.15) is 0 Å². The molecule has 0 heterocycles. The number of hydrogen-bond donors (Lipinski definition) is 4. The quantitative estimate of drug-likeness (QED) is 0.516. The predicted octanol–water partition coefficient (Wildman–Crippen LogP) is 0.784. The summed E-state index contributed by atoms with van der Waals surface area (Å²) in [6, 6.07) is 0.